The van der Waals surface area contributed by atoms with Crippen molar-refractivity contribution in [2.45, 2.75) is 33.4 Å². The molecule has 4 nitrogen and oxygen atoms in total. The van der Waals surface area contributed by atoms with Crippen molar-refractivity contribution in [3.8, 4) is 0 Å². The molecule has 23 heavy (non-hydrogen) atoms. The number of nitrogens with one attached hydrogen (secondary N) is 1. The Kier molecular flexibility index (Phi) is 6.60. The second-order valence-corrected chi connectivity index (χ2v) is 5.73. The van der Waals surface area contributed by atoms with Crippen molar-refractivity contribution in [3.05, 3.63) is 29.8 Å². The average molecular weight is 330 g/mol. The lowest BCUT2D eigenvalue weighted by atomic mass is 10.2. The van der Waals surface area contributed by atoms with Crippen molar-refractivity contribution in [1.29, 1.82) is 0 Å². The first-order valence-corrected chi connectivity index (χ1v) is 7.32. The lowest BCUT2D eigenvalue weighted by Gasteiger charge is -2.22. The molecule has 1 N–H and O–H groups in total. The first-order valence-electron chi connectivity index (χ1n) is 7.32. The number of hydrogen-bond donors (Lipinski definition) is 1. The zero-order valence-electron chi connectivity index (χ0n) is 13.4. The molecule has 0 aliphatic carbocycles. The van der Waals surface area contributed by atoms with Gasteiger partial charge in [-0.05, 0) is 30.2 Å². The van der Waals surface area contributed by atoms with Gasteiger partial charge in [-0.3, -0.25) is 9.59 Å². The Morgan fingerprint density at radius 3 is 2.17 bits per heavy atom. The fraction of sp³-hybridized carbons (Fsp3) is 0.500. The Balaban J connectivity index is 2.54. The van der Waals surface area contributed by atoms with E-state index in [0.717, 1.165) is 12.1 Å². The van der Waals surface area contributed by atoms with E-state index < -0.39 is 11.7 Å². The van der Waals surface area contributed by atoms with E-state index in [1.807, 2.05) is 13.8 Å². The maximum atomic E-state index is 12.4. The van der Waals surface area contributed by atoms with Crippen LogP contribution in [0.1, 0.15) is 32.8 Å². The van der Waals surface area contributed by atoms with Gasteiger partial charge in [-0.2, -0.15) is 13.2 Å². The van der Waals surface area contributed by atoms with Crippen LogP contribution >= 0.6 is 0 Å². The summed E-state index contributed by atoms with van der Waals surface area (Å²) < 4.78 is 37.3. The van der Waals surface area contributed by atoms with Gasteiger partial charge in [0.25, 0.3) is 0 Å². The van der Waals surface area contributed by atoms with Crippen LogP contribution in [-0.4, -0.2) is 29.8 Å². The molecule has 0 unspecified atom stereocenters. The highest BCUT2D eigenvalue weighted by Gasteiger charge is 2.29. The lowest BCUT2D eigenvalue weighted by molar-refractivity contribution is -0.137. The second-order valence-electron chi connectivity index (χ2n) is 5.73. The summed E-state index contributed by atoms with van der Waals surface area (Å²) in [5, 5.41) is 2.52. The summed E-state index contributed by atoms with van der Waals surface area (Å²) in [6, 6.07) is 4.24. The van der Waals surface area contributed by atoms with E-state index in [1.165, 1.54) is 19.1 Å². The molecule has 0 aliphatic rings. The monoisotopic (exact) mass is 330 g/mol. The first kappa shape index (κ1) is 19.0. The number of nitrogens with zero attached hydrogens (tertiary/aromatic N) is 1. The zero-order chi connectivity index (χ0) is 17.6. The second kappa shape index (κ2) is 7.99. The Morgan fingerprint density at radius 1 is 1.17 bits per heavy atom. The van der Waals surface area contributed by atoms with Crippen LogP contribution in [-0.2, 0) is 15.8 Å². The van der Waals surface area contributed by atoms with Crippen LogP contribution < -0.4 is 5.32 Å². The van der Waals surface area contributed by atoms with Gasteiger partial charge in [0, 0.05) is 32.1 Å². The van der Waals surface area contributed by atoms with Crippen LogP contribution in [0.15, 0.2) is 24.3 Å². The standard InChI is InChI=1S/C16H21F3N2O2/c1-11(2)10-21(12(3)22)9-8-15(23)20-14-6-4-13(5-7-14)16(17,18)19/h4-7,11H,8-10H2,1-3H3,(H,20,23). The highest BCUT2D eigenvalue weighted by molar-refractivity contribution is 5.91. The molecule has 0 fully saturated rings. The number of hydrogen-bond acceptors (Lipinski definition) is 2. The molecule has 0 aromatic heterocycles. The summed E-state index contributed by atoms with van der Waals surface area (Å²) >= 11 is 0. The van der Waals surface area contributed by atoms with E-state index in [9.17, 15) is 22.8 Å². The summed E-state index contributed by atoms with van der Waals surface area (Å²) in [5.74, 6) is -0.169. The quantitative estimate of drug-likeness (QED) is 0.867. The van der Waals surface area contributed by atoms with Gasteiger partial charge in [0.05, 0.1) is 5.56 Å². The van der Waals surface area contributed by atoms with Crippen LogP contribution in [0.5, 0.6) is 0 Å². The maximum absolute atomic E-state index is 12.4. The lowest BCUT2D eigenvalue weighted by Crippen LogP contribution is -2.34. The Morgan fingerprint density at radius 2 is 1.74 bits per heavy atom. The molecular weight excluding hydrogens is 309 g/mol. The minimum absolute atomic E-state index is 0.0906. The summed E-state index contributed by atoms with van der Waals surface area (Å²) in [4.78, 5) is 24.9. The third kappa shape index (κ3) is 6.71. The maximum Gasteiger partial charge on any atom is 0.416 e. The van der Waals surface area contributed by atoms with Crippen molar-refractivity contribution in [2.75, 3.05) is 18.4 Å². The molecule has 128 valence electrons. The number of rotatable bonds is 6. The van der Waals surface area contributed by atoms with Gasteiger partial charge in [-0.15, -0.1) is 0 Å². The minimum Gasteiger partial charge on any atom is -0.342 e. The molecule has 2 amide bonds. The van der Waals surface area contributed by atoms with Crippen LogP contribution in [0, 0.1) is 5.92 Å². The molecule has 0 saturated carbocycles. The molecule has 1 aromatic carbocycles. The first-order chi connectivity index (χ1) is 10.6. The molecule has 0 radical (unpaired) electrons. The Bertz CT molecular complexity index is 539. The normalized spacial score (nSPS) is 11.4. The van der Waals surface area contributed by atoms with Gasteiger partial charge in [0.15, 0.2) is 0 Å². The van der Waals surface area contributed by atoms with Crippen molar-refractivity contribution in [2.24, 2.45) is 5.92 Å². The van der Waals surface area contributed by atoms with Crippen molar-refractivity contribution >= 4 is 17.5 Å². The highest BCUT2D eigenvalue weighted by atomic mass is 19.4. The van der Waals surface area contributed by atoms with Crippen molar-refractivity contribution in [3.63, 3.8) is 0 Å². The van der Waals surface area contributed by atoms with Gasteiger partial charge < -0.3 is 10.2 Å². The largest absolute Gasteiger partial charge is 0.416 e. The van der Waals surface area contributed by atoms with Crippen molar-refractivity contribution in [1.82, 2.24) is 4.90 Å². The number of carbonyl (C=O) groups is 2. The van der Waals surface area contributed by atoms with Crippen molar-refractivity contribution < 1.29 is 22.8 Å². The van der Waals surface area contributed by atoms with E-state index in [0.29, 0.717) is 12.2 Å². The zero-order valence-corrected chi connectivity index (χ0v) is 13.4. The predicted octanol–water partition coefficient (Wildman–Crippen LogP) is 3.54. The number of alkyl halides is 3. The van der Waals surface area contributed by atoms with Gasteiger partial charge in [-0.1, -0.05) is 13.8 Å². The van der Waals surface area contributed by atoms with Crippen LogP contribution in [0.4, 0.5) is 18.9 Å². The number of anilines is 1. The molecule has 0 heterocycles. The SMILES string of the molecule is CC(=O)N(CCC(=O)Nc1ccc(C(F)(F)F)cc1)CC(C)C. The molecule has 0 spiro atoms. The Labute approximate surface area is 133 Å². The van der Waals surface area contributed by atoms with Gasteiger partial charge in [-0.25, -0.2) is 0 Å². The third-order valence-corrected chi connectivity index (χ3v) is 3.14. The van der Waals surface area contributed by atoms with Crippen LogP contribution in [0.2, 0.25) is 0 Å². The molecule has 0 saturated heterocycles. The number of halogens is 3. The highest BCUT2D eigenvalue weighted by Crippen LogP contribution is 2.29. The Hall–Kier alpha value is -2.05. The number of carbonyl (C=O) groups excluding carboxylic acids is 2. The predicted molar refractivity (Wildman–Crippen MR) is 81.8 cm³/mol. The van der Waals surface area contributed by atoms with Crippen LogP contribution in [0.3, 0.4) is 0 Å². The van der Waals surface area contributed by atoms with E-state index in [2.05, 4.69) is 5.32 Å². The molecule has 7 heteroatoms. The molecule has 0 aliphatic heterocycles. The van der Waals surface area contributed by atoms with E-state index in [1.54, 1.807) is 4.90 Å². The summed E-state index contributed by atoms with van der Waals surface area (Å²) in [7, 11) is 0. The summed E-state index contributed by atoms with van der Waals surface area (Å²) in [5.41, 5.74) is -0.476. The molecule has 1 aromatic rings. The minimum atomic E-state index is -4.40. The number of amides is 2. The fourth-order valence-corrected chi connectivity index (χ4v) is 2.02. The van der Waals surface area contributed by atoms with Gasteiger partial charge in [0.1, 0.15) is 0 Å². The summed E-state index contributed by atoms with van der Waals surface area (Å²) in [6.45, 7) is 6.22. The molecule has 0 atom stereocenters. The van der Waals surface area contributed by atoms with E-state index >= 15 is 0 Å². The van der Waals surface area contributed by atoms with Gasteiger partial charge in [0.2, 0.25) is 11.8 Å². The third-order valence-electron chi connectivity index (χ3n) is 3.14. The number of benzene rings is 1. The summed E-state index contributed by atoms with van der Waals surface area (Å²) in [6.07, 6.45) is -4.31. The fourth-order valence-electron chi connectivity index (χ4n) is 2.02. The van der Waals surface area contributed by atoms with E-state index in [4.69, 9.17) is 0 Å². The molecular formula is C16H21F3N2O2. The average Bonchev–Trinajstić information content (AvgIpc) is 2.42. The van der Waals surface area contributed by atoms with Crippen LogP contribution in [0.25, 0.3) is 0 Å². The molecule has 1 rings (SSSR count). The smallest absolute Gasteiger partial charge is 0.342 e. The van der Waals surface area contributed by atoms with E-state index in [-0.39, 0.29) is 30.7 Å². The topological polar surface area (TPSA) is 49.4 Å². The molecule has 0 bridgehead atoms. The van der Waals surface area contributed by atoms with Gasteiger partial charge >= 0.3 is 6.18 Å².